The molecule has 0 aliphatic carbocycles. The van der Waals surface area contributed by atoms with Gasteiger partial charge in [0.2, 0.25) is 5.91 Å². The molecule has 1 aliphatic heterocycles. The monoisotopic (exact) mass is 324 g/mol. The van der Waals surface area contributed by atoms with Crippen LogP contribution in [0.1, 0.15) is 32.3 Å². The Kier molecular flexibility index (Phi) is 5.29. The first-order valence-corrected chi connectivity index (χ1v) is 7.75. The molecule has 1 heterocycles. The molecule has 1 aromatic rings. The second kappa shape index (κ2) is 7.01. The summed E-state index contributed by atoms with van der Waals surface area (Å²) in [6.45, 7) is 5.47. The van der Waals surface area contributed by atoms with Crippen molar-refractivity contribution in [1.29, 1.82) is 0 Å². The third-order valence-corrected chi connectivity index (χ3v) is 3.91. The van der Waals surface area contributed by atoms with Gasteiger partial charge in [0, 0.05) is 18.0 Å². The van der Waals surface area contributed by atoms with E-state index in [0.29, 0.717) is 37.6 Å². The summed E-state index contributed by atoms with van der Waals surface area (Å²) >= 11 is 6.00. The molecule has 0 atom stereocenters. The molecule has 6 heteroatoms. The lowest BCUT2D eigenvalue weighted by molar-refractivity contribution is -0.122. The second-order valence-electron chi connectivity index (χ2n) is 5.89. The first-order chi connectivity index (χ1) is 10.4. The van der Waals surface area contributed by atoms with Crippen molar-refractivity contribution in [2.24, 2.45) is 0 Å². The van der Waals surface area contributed by atoms with Crippen LogP contribution in [0.25, 0.3) is 0 Å². The Hall–Kier alpha value is -1.75. The van der Waals surface area contributed by atoms with Crippen LogP contribution in [0.3, 0.4) is 0 Å². The van der Waals surface area contributed by atoms with Crippen LogP contribution in [-0.2, 0) is 15.1 Å². The van der Waals surface area contributed by atoms with Gasteiger partial charge in [-0.05, 0) is 38.0 Å². The molecule has 0 bridgehead atoms. The number of carbonyl (C=O) groups is 2. The minimum Gasteiger partial charge on any atom is -0.448 e. The van der Waals surface area contributed by atoms with Gasteiger partial charge in [-0.1, -0.05) is 23.7 Å². The molecule has 0 spiro atoms. The molecule has 2 rings (SSSR count). The molecule has 120 valence electrons. The van der Waals surface area contributed by atoms with Crippen LogP contribution in [0.5, 0.6) is 0 Å². The van der Waals surface area contributed by atoms with E-state index >= 15 is 0 Å². The van der Waals surface area contributed by atoms with E-state index in [1.54, 1.807) is 11.0 Å². The third kappa shape index (κ3) is 4.37. The van der Waals surface area contributed by atoms with Crippen LogP contribution in [0.2, 0.25) is 5.02 Å². The summed E-state index contributed by atoms with van der Waals surface area (Å²) in [5, 5.41) is 3.65. The molecule has 1 aromatic carbocycles. The maximum atomic E-state index is 12.1. The molecule has 1 saturated heterocycles. The highest BCUT2D eigenvalue weighted by Crippen LogP contribution is 2.23. The number of ether oxygens (including phenoxy) is 1. The van der Waals surface area contributed by atoms with Crippen molar-refractivity contribution < 1.29 is 14.3 Å². The zero-order valence-corrected chi connectivity index (χ0v) is 13.7. The quantitative estimate of drug-likeness (QED) is 0.875. The van der Waals surface area contributed by atoms with Crippen molar-refractivity contribution in [3.05, 3.63) is 34.9 Å². The summed E-state index contributed by atoms with van der Waals surface area (Å²) in [6, 6.07) is 7.46. The highest BCUT2D eigenvalue weighted by atomic mass is 35.5. The summed E-state index contributed by atoms with van der Waals surface area (Å²) < 4.78 is 4.85. The van der Waals surface area contributed by atoms with Gasteiger partial charge in [0.1, 0.15) is 6.61 Å². The Balaban J connectivity index is 1.81. The number of amides is 2. The molecule has 2 amide bonds. The van der Waals surface area contributed by atoms with Gasteiger partial charge in [0.15, 0.2) is 0 Å². The fourth-order valence-corrected chi connectivity index (χ4v) is 2.61. The summed E-state index contributed by atoms with van der Waals surface area (Å²) in [6.07, 6.45) is 0.694. The van der Waals surface area contributed by atoms with Gasteiger partial charge in [-0.15, -0.1) is 0 Å². The number of hydrogen-bond donors (Lipinski definition) is 1. The average Bonchev–Trinajstić information content (AvgIpc) is 2.84. The summed E-state index contributed by atoms with van der Waals surface area (Å²) in [5.74, 6) is -0.0439. The smallest absolute Gasteiger partial charge is 0.409 e. The van der Waals surface area contributed by atoms with E-state index in [-0.39, 0.29) is 12.0 Å². The molecule has 1 N–H and O–H groups in total. The van der Waals surface area contributed by atoms with Crippen LogP contribution in [0.15, 0.2) is 24.3 Å². The largest absolute Gasteiger partial charge is 0.448 e. The van der Waals surface area contributed by atoms with Crippen LogP contribution < -0.4 is 5.32 Å². The van der Waals surface area contributed by atoms with Gasteiger partial charge in [0.05, 0.1) is 12.1 Å². The van der Waals surface area contributed by atoms with Gasteiger partial charge in [-0.25, -0.2) is 4.79 Å². The number of cyclic esters (lactones) is 1. The van der Waals surface area contributed by atoms with E-state index in [1.165, 1.54) is 0 Å². The maximum Gasteiger partial charge on any atom is 0.409 e. The highest BCUT2D eigenvalue weighted by Gasteiger charge is 2.24. The van der Waals surface area contributed by atoms with Gasteiger partial charge in [-0.3, -0.25) is 4.79 Å². The predicted octanol–water partition coefficient (Wildman–Crippen LogP) is 2.92. The number of hydrogen-bond acceptors (Lipinski definition) is 3. The lowest BCUT2D eigenvalue weighted by Crippen LogP contribution is -2.41. The van der Waals surface area contributed by atoms with Crippen molar-refractivity contribution in [2.45, 2.75) is 32.2 Å². The standard InChI is InChI=1S/C16H21ClN2O3/c1-16(2,12-5-3-6-13(17)11-12)18-14(20)7-4-8-19-9-10-22-15(19)21/h3,5-6,11H,4,7-10H2,1-2H3,(H,18,20). The maximum absolute atomic E-state index is 12.1. The zero-order valence-electron chi connectivity index (χ0n) is 12.9. The van der Waals surface area contributed by atoms with E-state index in [9.17, 15) is 9.59 Å². The first kappa shape index (κ1) is 16.6. The van der Waals surface area contributed by atoms with E-state index in [1.807, 2.05) is 32.0 Å². The Morgan fingerprint density at radius 1 is 1.45 bits per heavy atom. The normalized spacial score (nSPS) is 14.9. The molecule has 1 aliphatic rings. The van der Waals surface area contributed by atoms with Crippen molar-refractivity contribution >= 4 is 23.6 Å². The Morgan fingerprint density at radius 2 is 2.23 bits per heavy atom. The molecule has 0 radical (unpaired) electrons. The number of benzene rings is 1. The van der Waals surface area contributed by atoms with Crippen LogP contribution in [0, 0.1) is 0 Å². The van der Waals surface area contributed by atoms with Crippen molar-refractivity contribution in [3.8, 4) is 0 Å². The van der Waals surface area contributed by atoms with Gasteiger partial charge in [-0.2, -0.15) is 0 Å². The lowest BCUT2D eigenvalue weighted by atomic mass is 9.94. The number of carbonyl (C=O) groups excluding carboxylic acids is 2. The first-order valence-electron chi connectivity index (χ1n) is 7.37. The number of halogens is 1. The topological polar surface area (TPSA) is 58.6 Å². The van der Waals surface area contributed by atoms with Gasteiger partial charge >= 0.3 is 6.09 Å². The third-order valence-electron chi connectivity index (χ3n) is 3.68. The summed E-state index contributed by atoms with van der Waals surface area (Å²) in [7, 11) is 0. The Morgan fingerprint density at radius 3 is 2.86 bits per heavy atom. The Bertz CT molecular complexity index is 560. The molecule has 22 heavy (non-hydrogen) atoms. The fourth-order valence-electron chi connectivity index (χ4n) is 2.42. The number of nitrogens with zero attached hydrogens (tertiary/aromatic N) is 1. The van der Waals surface area contributed by atoms with Crippen molar-refractivity contribution in [1.82, 2.24) is 10.2 Å². The van der Waals surface area contributed by atoms with Crippen molar-refractivity contribution in [2.75, 3.05) is 19.7 Å². The molecule has 5 nitrogen and oxygen atoms in total. The highest BCUT2D eigenvalue weighted by molar-refractivity contribution is 6.30. The predicted molar refractivity (Wildman–Crippen MR) is 84.8 cm³/mol. The van der Waals surface area contributed by atoms with E-state index in [2.05, 4.69) is 5.32 Å². The summed E-state index contributed by atoms with van der Waals surface area (Å²) in [4.78, 5) is 25.0. The van der Waals surface area contributed by atoms with Crippen LogP contribution in [0.4, 0.5) is 4.79 Å². The SMILES string of the molecule is CC(C)(NC(=O)CCCN1CCOC1=O)c1cccc(Cl)c1. The number of rotatable bonds is 6. The minimum absolute atomic E-state index is 0.0439. The lowest BCUT2D eigenvalue weighted by Gasteiger charge is -2.27. The van der Waals surface area contributed by atoms with Gasteiger partial charge < -0.3 is 15.0 Å². The Labute approximate surface area is 135 Å². The molecule has 1 fully saturated rings. The second-order valence-corrected chi connectivity index (χ2v) is 6.32. The average molecular weight is 325 g/mol. The fraction of sp³-hybridized carbons (Fsp3) is 0.500. The minimum atomic E-state index is -0.492. The van der Waals surface area contributed by atoms with Crippen LogP contribution in [-0.4, -0.2) is 36.6 Å². The zero-order chi connectivity index (χ0) is 16.2. The number of nitrogens with one attached hydrogen (secondary N) is 1. The van der Waals surface area contributed by atoms with E-state index in [0.717, 1.165) is 5.56 Å². The molecule has 0 aromatic heterocycles. The van der Waals surface area contributed by atoms with E-state index < -0.39 is 5.54 Å². The summed E-state index contributed by atoms with van der Waals surface area (Å²) in [5.41, 5.74) is 0.464. The van der Waals surface area contributed by atoms with Gasteiger partial charge in [0.25, 0.3) is 0 Å². The molecular weight excluding hydrogens is 304 g/mol. The van der Waals surface area contributed by atoms with Crippen LogP contribution >= 0.6 is 11.6 Å². The van der Waals surface area contributed by atoms with E-state index in [4.69, 9.17) is 16.3 Å². The molecular formula is C16H21ClN2O3. The van der Waals surface area contributed by atoms with Crippen molar-refractivity contribution in [3.63, 3.8) is 0 Å². The molecule has 0 unspecified atom stereocenters. The molecule has 0 saturated carbocycles.